The zero-order valence-electron chi connectivity index (χ0n) is 12.3. The Morgan fingerprint density at radius 2 is 2.00 bits per heavy atom. The molecule has 6 heteroatoms. The quantitative estimate of drug-likeness (QED) is 0.837. The van der Waals surface area contributed by atoms with Crippen molar-refractivity contribution in [3.8, 4) is 11.3 Å². The van der Waals surface area contributed by atoms with Gasteiger partial charge in [-0.15, -0.1) is 0 Å². The van der Waals surface area contributed by atoms with Gasteiger partial charge in [0.05, 0.1) is 11.4 Å². The molecule has 5 nitrogen and oxygen atoms in total. The highest BCUT2D eigenvalue weighted by molar-refractivity contribution is 9.10. The predicted octanol–water partition coefficient (Wildman–Crippen LogP) is 3.07. The van der Waals surface area contributed by atoms with E-state index in [0.717, 1.165) is 16.5 Å². The maximum atomic E-state index is 12.8. The first-order valence-electron chi connectivity index (χ1n) is 7.53. The number of nitrogens with zero attached hydrogens (tertiary/aromatic N) is 2. The summed E-state index contributed by atoms with van der Waals surface area (Å²) < 4.78 is 0.914. The van der Waals surface area contributed by atoms with E-state index in [9.17, 15) is 9.59 Å². The third-order valence-corrected chi connectivity index (χ3v) is 5.01. The van der Waals surface area contributed by atoms with Crippen molar-refractivity contribution in [3.05, 3.63) is 46.6 Å². The largest absolute Gasteiger partial charge is 0.325 e. The summed E-state index contributed by atoms with van der Waals surface area (Å²) in [6.07, 6.45) is 1.56. The first kappa shape index (κ1) is 14.4. The first-order valence-corrected chi connectivity index (χ1v) is 8.32. The summed E-state index contributed by atoms with van der Waals surface area (Å²) in [6, 6.07) is 10.9. The van der Waals surface area contributed by atoms with Crippen LogP contribution < -0.4 is 5.32 Å². The number of anilines is 1. The Labute approximate surface area is 141 Å². The van der Waals surface area contributed by atoms with Crippen molar-refractivity contribution >= 4 is 33.4 Å². The van der Waals surface area contributed by atoms with Gasteiger partial charge in [0.15, 0.2) is 5.69 Å². The number of halogens is 1. The molecule has 0 bridgehead atoms. The predicted molar refractivity (Wildman–Crippen MR) is 90.1 cm³/mol. The molecule has 1 saturated heterocycles. The van der Waals surface area contributed by atoms with Crippen LogP contribution in [-0.4, -0.2) is 34.3 Å². The second-order valence-electron chi connectivity index (χ2n) is 5.72. The number of hydrogen-bond acceptors (Lipinski definition) is 3. The molecule has 0 unspecified atom stereocenters. The number of carbonyl (C=O) groups excluding carboxylic acids is 2. The highest BCUT2D eigenvalue weighted by Crippen LogP contribution is 2.32. The number of nitrogens with one attached hydrogen (secondary N) is 1. The molecule has 1 atom stereocenters. The molecule has 1 N–H and O–H groups in total. The summed E-state index contributed by atoms with van der Waals surface area (Å²) in [5.74, 6) is -0.292. The standard InChI is InChI=1S/C17H14BrN3O2/c18-11-5-2-1-4-10(11)12-7-8-13-15(19-12)17(23)21-9-3-6-14(21)16(22)20-13/h1-2,4-5,7-8,14H,3,6,9H2,(H,20,22)/t14-/m0/s1. The summed E-state index contributed by atoms with van der Waals surface area (Å²) in [5.41, 5.74) is 2.43. The third kappa shape index (κ3) is 2.34. The number of amides is 2. The van der Waals surface area contributed by atoms with E-state index >= 15 is 0 Å². The number of carbonyl (C=O) groups is 2. The monoisotopic (exact) mass is 371 g/mol. The lowest BCUT2D eigenvalue weighted by atomic mass is 10.1. The van der Waals surface area contributed by atoms with Crippen LogP contribution in [-0.2, 0) is 4.79 Å². The maximum absolute atomic E-state index is 12.8. The van der Waals surface area contributed by atoms with Gasteiger partial charge < -0.3 is 10.2 Å². The van der Waals surface area contributed by atoms with Gasteiger partial charge in [-0.1, -0.05) is 34.1 Å². The van der Waals surface area contributed by atoms with E-state index in [0.29, 0.717) is 30.0 Å². The van der Waals surface area contributed by atoms with Crippen LogP contribution >= 0.6 is 15.9 Å². The third-order valence-electron chi connectivity index (χ3n) is 4.32. The first-order chi connectivity index (χ1) is 11.1. The number of rotatable bonds is 1. The molecule has 2 amide bonds. The lowest BCUT2D eigenvalue weighted by molar-refractivity contribution is -0.119. The molecule has 116 valence electrons. The summed E-state index contributed by atoms with van der Waals surface area (Å²) >= 11 is 3.51. The SMILES string of the molecule is O=C1Nc2ccc(-c3ccccc3Br)nc2C(=O)N2CCC[C@@H]12. The molecule has 2 aliphatic rings. The van der Waals surface area contributed by atoms with Crippen LogP contribution in [0.4, 0.5) is 5.69 Å². The van der Waals surface area contributed by atoms with Gasteiger partial charge in [0, 0.05) is 16.6 Å². The normalized spacial score (nSPS) is 19.9. The van der Waals surface area contributed by atoms with Crippen LogP contribution in [0, 0.1) is 0 Å². The fourth-order valence-electron chi connectivity index (χ4n) is 3.18. The average Bonchev–Trinajstić information content (AvgIpc) is 3.01. The molecule has 2 aromatic rings. The van der Waals surface area contributed by atoms with Gasteiger partial charge in [0.1, 0.15) is 6.04 Å². The van der Waals surface area contributed by atoms with E-state index in [1.807, 2.05) is 30.3 Å². The highest BCUT2D eigenvalue weighted by Gasteiger charge is 2.39. The maximum Gasteiger partial charge on any atom is 0.275 e. The van der Waals surface area contributed by atoms with Crippen LogP contribution in [0.2, 0.25) is 0 Å². The van der Waals surface area contributed by atoms with Crippen LogP contribution in [0.15, 0.2) is 40.9 Å². The Balaban J connectivity index is 1.83. The van der Waals surface area contributed by atoms with E-state index < -0.39 is 0 Å². The van der Waals surface area contributed by atoms with Crippen LogP contribution in [0.25, 0.3) is 11.3 Å². The second kappa shape index (κ2) is 5.45. The van der Waals surface area contributed by atoms with E-state index in [2.05, 4.69) is 26.2 Å². The Morgan fingerprint density at radius 1 is 1.17 bits per heavy atom. The molecular formula is C17H14BrN3O2. The van der Waals surface area contributed by atoms with E-state index in [1.165, 1.54) is 0 Å². The smallest absolute Gasteiger partial charge is 0.275 e. The molecule has 23 heavy (non-hydrogen) atoms. The summed E-state index contributed by atoms with van der Waals surface area (Å²) in [7, 11) is 0. The minimum Gasteiger partial charge on any atom is -0.325 e. The number of fused-ring (bicyclic) bond motifs is 2. The zero-order chi connectivity index (χ0) is 16.0. The molecule has 0 spiro atoms. The van der Waals surface area contributed by atoms with E-state index in [-0.39, 0.29) is 17.9 Å². The fraction of sp³-hybridized carbons (Fsp3) is 0.235. The van der Waals surface area contributed by atoms with Gasteiger partial charge in [-0.25, -0.2) is 4.98 Å². The molecular weight excluding hydrogens is 358 g/mol. The van der Waals surface area contributed by atoms with Crippen molar-refractivity contribution in [3.63, 3.8) is 0 Å². The molecule has 1 aromatic heterocycles. The van der Waals surface area contributed by atoms with Crippen LogP contribution in [0.5, 0.6) is 0 Å². The average molecular weight is 372 g/mol. The van der Waals surface area contributed by atoms with Gasteiger partial charge in [0.2, 0.25) is 5.91 Å². The van der Waals surface area contributed by atoms with Crippen LogP contribution in [0.1, 0.15) is 23.3 Å². The van der Waals surface area contributed by atoms with Gasteiger partial charge >= 0.3 is 0 Å². The summed E-state index contributed by atoms with van der Waals surface area (Å²) in [6.45, 7) is 0.608. The number of hydrogen-bond donors (Lipinski definition) is 1. The Bertz CT molecular complexity index is 821. The lowest BCUT2D eigenvalue weighted by Gasteiger charge is -2.19. The van der Waals surface area contributed by atoms with Crippen molar-refractivity contribution in [2.75, 3.05) is 11.9 Å². The van der Waals surface area contributed by atoms with E-state index in [4.69, 9.17) is 0 Å². The Morgan fingerprint density at radius 3 is 2.83 bits per heavy atom. The highest BCUT2D eigenvalue weighted by atomic mass is 79.9. The molecule has 4 rings (SSSR count). The van der Waals surface area contributed by atoms with Gasteiger partial charge in [-0.2, -0.15) is 0 Å². The number of benzene rings is 1. The molecule has 2 aliphatic heterocycles. The molecule has 1 aromatic carbocycles. The molecule has 1 fully saturated rings. The summed E-state index contributed by atoms with van der Waals surface area (Å²) in [4.78, 5) is 31.2. The second-order valence-corrected chi connectivity index (χ2v) is 6.57. The van der Waals surface area contributed by atoms with Crippen molar-refractivity contribution in [2.45, 2.75) is 18.9 Å². The molecule has 0 aliphatic carbocycles. The van der Waals surface area contributed by atoms with Gasteiger partial charge in [-0.05, 0) is 31.0 Å². The topological polar surface area (TPSA) is 62.3 Å². The van der Waals surface area contributed by atoms with Crippen molar-refractivity contribution in [1.82, 2.24) is 9.88 Å². The Kier molecular flexibility index (Phi) is 3.41. The van der Waals surface area contributed by atoms with Crippen molar-refractivity contribution < 1.29 is 9.59 Å². The van der Waals surface area contributed by atoms with Crippen molar-refractivity contribution in [1.29, 1.82) is 0 Å². The molecule has 0 saturated carbocycles. The minimum absolute atomic E-state index is 0.120. The molecule has 3 heterocycles. The fourth-order valence-corrected chi connectivity index (χ4v) is 3.66. The number of pyridine rings is 1. The van der Waals surface area contributed by atoms with Crippen LogP contribution in [0.3, 0.4) is 0 Å². The minimum atomic E-state index is -0.372. The Hall–Kier alpha value is -2.21. The zero-order valence-corrected chi connectivity index (χ0v) is 13.8. The summed E-state index contributed by atoms with van der Waals surface area (Å²) in [5, 5.41) is 2.84. The van der Waals surface area contributed by atoms with Gasteiger partial charge in [0.25, 0.3) is 5.91 Å². The van der Waals surface area contributed by atoms with E-state index in [1.54, 1.807) is 11.0 Å². The van der Waals surface area contributed by atoms with Gasteiger partial charge in [-0.3, -0.25) is 9.59 Å². The number of aromatic nitrogens is 1. The van der Waals surface area contributed by atoms with Crippen molar-refractivity contribution in [2.24, 2.45) is 0 Å². The molecule has 0 radical (unpaired) electrons. The lowest BCUT2D eigenvalue weighted by Crippen LogP contribution is -2.40.